The van der Waals surface area contributed by atoms with Gasteiger partial charge in [-0.25, -0.2) is 0 Å². The van der Waals surface area contributed by atoms with Crippen LogP contribution in [0.15, 0.2) is 0 Å². The van der Waals surface area contributed by atoms with E-state index in [4.69, 9.17) is 0 Å². The second kappa shape index (κ2) is 13.4. The van der Waals surface area contributed by atoms with E-state index in [-0.39, 0.29) is 12.5 Å². The van der Waals surface area contributed by atoms with Crippen LogP contribution in [0.4, 0.5) is 13.2 Å². The highest BCUT2D eigenvalue weighted by atomic mass is 19.4. The van der Waals surface area contributed by atoms with Crippen molar-refractivity contribution in [3.63, 3.8) is 0 Å². The summed E-state index contributed by atoms with van der Waals surface area (Å²) < 4.78 is 36.9. The minimum Gasteiger partial charge on any atom is -0.314 e. The van der Waals surface area contributed by atoms with Gasteiger partial charge in [-0.3, -0.25) is 0 Å². The minimum absolute atomic E-state index is 0.0340. The van der Waals surface area contributed by atoms with Crippen molar-refractivity contribution in [2.75, 3.05) is 6.54 Å². The van der Waals surface area contributed by atoms with Crippen molar-refractivity contribution in [3.05, 3.63) is 0 Å². The van der Waals surface area contributed by atoms with Crippen LogP contribution < -0.4 is 5.32 Å². The van der Waals surface area contributed by atoms with Gasteiger partial charge in [-0.05, 0) is 25.8 Å². The molecule has 0 aromatic rings. The number of hydrogen-bond donors (Lipinski definition) is 1. The Hall–Kier alpha value is -0.250. The zero-order valence-electron chi connectivity index (χ0n) is 13.9. The Morgan fingerprint density at radius 3 is 1.86 bits per heavy atom. The molecule has 0 saturated carbocycles. The molecule has 0 aromatic heterocycles. The van der Waals surface area contributed by atoms with Crippen LogP contribution in [0.5, 0.6) is 0 Å². The Morgan fingerprint density at radius 1 is 0.762 bits per heavy atom. The average molecular weight is 309 g/mol. The number of unbranched alkanes of at least 4 members (excludes halogenated alkanes) is 7. The maximum atomic E-state index is 12.3. The number of halogens is 3. The molecule has 21 heavy (non-hydrogen) atoms. The third-order valence-electron chi connectivity index (χ3n) is 3.87. The number of nitrogens with one attached hydrogen (secondary N) is 1. The van der Waals surface area contributed by atoms with E-state index in [1.807, 2.05) is 6.92 Å². The summed E-state index contributed by atoms with van der Waals surface area (Å²) in [6.07, 6.45) is 7.31. The third kappa shape index (κ3) is 16.0. The van der Waals surface area contributed by atoms with Gasteiger partial charge in [0.05, 0.1) is 0 Å². The summed E-state index contributed by atoms with van der Waals surface area (Å²) in [5.41, 5.74) is 0. The topological polar surface area (TPSA) is 12.0 Å². The van der Waals surface area contributed by atoms with Gasteiger partial charge in [0.1, 0.15) is 0 Å². The molecule has 0 spiro atoms. The van der Waals surface area contributed by atoms with Crippen molar-refractivity contribution in [2.45, 2.75) is 103 Å². The molecule has 0 amide bonds. The molecule has 1 N–H and O–H groups in total. The molecule has 0 saturated heterocycles. The molecule has 1 unspecified atom stereocenters. The quantitative estimate of drug-likeness (QED) is 0.375. The van der Waals surface area contributed by atoms with Gasteiger partial charge in [-0.15, -0.1) is 0 Å². The Kier molecular flexibility index (Phi) is 13.3. The molecule has 128 valence electrons. The van der Waals surface area contributed by atoms with Gasteiger partial charge in [0, 0.05) is 12.5 Å². The molecule has 0 aliphatic heterocycles. The van der Waals surface area contributed by atoms with Crippen molar-refractivity contribution < 1.29 is 13.2 Å². The highest BCUT2D eigenvalue weighted by Crippen LogP contribution is 2.23. The molecule has 0 bridgehead atoms. The van der Waals surface area contributed by atoms with Crippen LogP contribution in [0, 0.1) is 0 Å². The van der Waals surface area contributed by atoms with Crippen LogP contribution in [0.25, 0.3) is 0 Å². The Morgan fingerprint density at radius 2 is 1.33 bits per heavy atom. The van der Waals surface area contributed by atoms with Gasteiger partial charge in [0.25, 0.3) is 0 Å². The first-order valence-corrected chi connectivity index (χ1v) is 8.79. The highest BCUT2D eigenvalue weighted by molar-refractivity contribution is 4.69. The average Bonchev–Trinajstić information content (AvgIpc) is 2.42. The molecule has 0 aliphatic carbocycles. The highest BCUT2D eigenvalue weighted by Gasteiger charge is 2.27. The Balaban J connectivity index is 3.65. The van der Waals surface area contributed by atoms with Crippen LogP contribution in [-0.2, 0) is 0 Å². The van der Waals surface area contributed by atoms with Crippen LogP contribution in [-0.4, -0.2) is 18.8 Å². The zero-order chi connectivity index (χ0) is 16.0. The third-order valence-corrected chi connectivity index (χ3v) is 3.87. The van der Waals surface area contributed by atoms with Crippen molar-refractivity contribution in [1.29, 1.82) is 0 Å². The van der Waals surface area contributed by atoms with E-state index in [1.165, 1.54) is 38.5 Å². The molecule has 0 rings (SSSR count). The van der Waals surface area contributed by atoms with Crippen LogP contribution in [0.3, 0.4) is 0 Å². The van der Waals surface area contributed by atoms with Gasteiger partial charge < -0.3 is 5.32 Å². The first-order valence-electron chi connectivity index (χ1n) is 8.79. The standard InChI is InChI=1S/C17H34F3N/c1-3-5-6-7-8-9-10-11-12-16(21-15-4-2)13-14-17(18,19)20/h16,21H,3-15H2,1-2H3. The second-order valence-corrected chi connectivity index (χ2v) is 6.07. The summed E-state index contributed by atoms with van der Waals surface area (Å²) in [6.45, 7) is 5.08. The van der Waals surface area contributed by atoms with Crippen molar-refractivity contribution in [1.82, 2.24) is 5.32 Å². The summed E-state index contributed by atoms with van der Waals surface area (Å²) >= 11 is 0. The lowest BCUT2D eigenvalue weighted by molar-refractivity contribution is -0.136. The molecular formula is C17H34F3N. The van der Waals surface area contributed by atoms with Gasteiger partial charge in [0.15, 0.2) is 0 Å². The van der Waals surface area contributed by atoms with Crippen LogP contribution >= 0.6 is 0 Å². The van der Waals surface area contributed by atoms with E-state index in [0.29, 0.717) is 0 Å². The van der Waals surface area contributed by atoms with Crippen molar-refractivity contribution in [2.24, 2.45) is 0 Å². The van der Waals surface area contributed by atoms with E-state index < -0.39 is 12.6 Å². The molecule has 4 heteroatoms. The predicted molar refractivity (Wildman–Crippen MR) is 84.6 cm³/mol. The number of rotatable bonds is 14. The summed E-state index contributed by atoms with van der Waals surface area (Å²) in [4.78, 5) is 0. The van der Waals surface area contributed by atoms with Gasteiger partial charge in [0.2, 0.25) is 0 Å². The summed E-state index contributed by atoms with van der Waals surface area (Å²) in [5, 5.41) is 3.26. The lowest BCUT2D eigenvalue weighted by Gasteiger charge is -2.19. The molecule has 0 heterocycles. The zero-order valence-corrected chi connectivity index (χ0v) is 13.9. The Bertz CT molecular complexity index is 217. The molecule has 0 aliphatic rings. The summed E-state index contributed by atoms with van der Waals surface area (Å²) in [6, 6.07) is 0.0340. The summed E-state index contributed by atoms with van der Waals surface area (Å²) in [7, 11) is 0. The normalized spacial score (nSPS) is 13.6. The smallest absolute Gasteiger partial charge is 0.314 e. The molecule has 0 aromatic carbocycles. The first kappa shape index (κ1) is 20.8. The van der Waals surface area contributed by atoms with Gasteiger partial charge in [-0.2, -0.15) is 13.2 Å². The van der Waals surface area contributed by atoms with Crippen LogP contribution in [0.1, 0.15) is 90.9 Å². The molecular weight excluding hydrogens is 275 g/mol. The maximum Gasteiger partial charge on any atom is 0.389 e. The fourth-order valence-electron chi connectivity index (χ4n) is 2.56. The SMILES string of the molecule is CCCCCCCCCCC(CCC(F)(F)F)NCCC. The largest absolute Gasteiger partial charge is 0.389 e. The molecule has 1 nitrogen and oxygen atoms in total. The minimum atomic E-state index is -4.02. The summed E-state index contributed by atoms with van der Waals surface area (Å²) in [5.74, 6) is 0. The lowest BCUT2D eigenvalue weighted by Crippen LogP contribution is -2.31. The fraction of sp³-hybridized carbons (Fsp3) is 1.00. The van der Waals surface area contributed by atoms with Gasteiger partial charge >= 0.3 is 6.18 Å². The van der Waals surface area contributed by atoms with E-state index >= 15 is 0 Å². The maximum absolute atomic E-state index is 12.3. The van der Waals surface area contributed by atoms with E-state index in [9.17, 15) is 13.2 Å². The molecule has 0 radical (unpaired) electrons. The first-order chi connectivity index (χ1) is 9.99. The van der Waals surface area contributed by atoms with Crippen molar-refractivity contribution in [3.8, 4) is 0 Å². The van der Waals surface area contributed by atoms with E-state index in [2.05, 4.69) is 12.2 Å². The van der Waals surface area contributed by atoms with Gasteiger partial charge in [-0.1, -0.05) is 65.2 Å². The monoisotopic (exact) mass is 309 g/mol. The fourth-order valence-corrected chi connectivity index (χ4v) is 2.56. The molecule has 1 atom stereocenters. The molecule has 0 fully saturated rings. The lowest BCUT2D eigenvalue weighted by atomic mass is 10.0. The second-order valence-electron chi connectivity index (χ2n) is 6.07. The van der Waals surface area contributed by atoms with Crippen molar-refractivity contribution >= 4 is 0 Å². The predicted octanol–water partition coefficient (Wildman–Crippen LogP) is 6.23. The Labute approximate surface area is 129 Å². The van der Waals surface area contributed by atoms with E-state index in [1.54, 1.807) is 0 Å². The van der Waals surface area contributed by atoms with Crippen LogP contribution in [0.2, 0.25) is 0 Å². The van der Waals surface area contributed by atoms with E-state index in [0.717, 1.165) is 32.2 Å². The number of alkyl halides is 3. The number of hydrogen-bond acceptors (Lipinski definition) is 1.